The van der Waals surface area contributed by atoms with Crippen LogP contribution in [-0.4, -0.2) is 28.2 Å². The molecule has 0 spiro atoms. The molecule has 0 fully saturated rings. The fourth-order valence-corrected chi connectivity index (χ4v) is 2.56. The van der Waals surface area contributed by atoms with Gasteiger partial charge in [-0.15, -0.1) is 0 Å². The Morgan fingerprint density at radius 2 is 1.50 bits per heavy atom. The lowest BCUT2D eigenvalue weighted by molar-refractivity contribution is 1.07. The van der Waals surface area contributed by atoms with Gasteiger partial charge in [0, 0.05) is 57.4 Å². The van der Waals surface area contributed by atoms with Crippen molar-refractivity contribution in [3.63, 3.8) is 0 Å². The molecule has 2 aromatic rings. The molecule has 0 saturated heterocycles. The van der Waals surface area contributed by atoms with Crippen molar-refractivity contribution in [1.29, 1.82) is 0 Å². The van der Waals surface area contributed by atoms with Gasteiger partial charge in [-0.3, -0.25) is 0 Å². The van der Waals surface area contributed by atoms with Crippen LogP contribution in [0, 0.1) is 6.92 Å². The topological polar surface area (TPSA) is 58.5 Å². The minimum absolute atomic E-state index is 0.800. The molecule has 22 heavy (non-hydrogen) atoms. The quantitative estimate of drug-likeness (QED) is 0.852. The summed E-state index contributed by atoms with van der Waals surface area (Å²) in [5.41, 5.74) is 19.7. The summed E-state index contributed by atoms with van der Waals surface area (Å²) in [5, 5.41) is 0. The van der Waals surface area contributed by atoms with Crippen molar-refractivity contribution in [3.05, 3.63) is 47.0 Å². The van der Waals surface area contributed by atoms with Gasteiger partial charge in [0.1, 0.15) is 0 Å². The third-order valence-corrected chi connectivity index (χ3v) is 3.98. The van der Waals surface area contributed by atoms with Gasteiger partial charge in [0.25, 0.3) is 0 Å². The van der Waals surface area contributed by atoms with Gasteiger partial charge in [0.15, 0.2) is 0 Å². The Balaban J connectivity index is 2.40. The second kappa shape index (κ2) is 6.18. The molecule has 4 N–H and O–H groups in total. The normalized spacial score (nSPS) is 10.6. The Morgan fingerprint density at radius 1 is 0.818 bits per heavy atom. The monoisotopic (exact) mass is 298 g/mol. The minimum atomic E-state index is 0.800. The first-order valence-corrected chi connectivity index (χ1v) is 7.41. The van der Waals surface area contributed by atoms with Crippen LogP contribution >= 0.6 is 0 Å². The van der Waals surface area contributed by atoms with Gasteiger partial charge in [0.05, 0.1) is 0 Å². The standard InChI is InChI=1S/C18H26N4/c1-12-8-14(18(22(4)5)11-16(12)19)9-13-6-7-15(21(2)3)10-17(13)20/h6-8,10-11H,9,19-20H2,1-5H3. The number of nitrogens with zero attached hydrogens (tertiary/aromatic N) is 2. The van der Waals surface area contributed by atoms with Gasteiger partial charge in [-0.1, -0.05) is 12.1 Å². The predicted octanol–water partition coefficient (Wildman–Crippen LogP) is 2.88. The highest BCUT2D eigenvalue weighted by Crippen LogP contribution is 2.29. The fourth-order valence-electron chi connectivity index (χ4n) is 2.56. The van der Waals surface area contributed by atoms with E-state index in [1.807, 2.05) is 47.2 Å². The van der Waals surface area contributed by atoms with E-state index in [1.165, 1.54) is 5.56 Å². The number of anilines is 4. The number of hydrogen-bond donors (Lipinski definition) is 2. The summed E-state index contributed by atoms with van der Waals surface area (Å²) in [6.45, 7) is 2.04. The maximum absolute atomic E-state index is 6.24. The van der Waals surface area contributed by atoms with Crippen LogP contribution in [0.15, 0.2) is 30.3 Å². The Bertz CT molecular complexity index is 675. The average molecular weight is 298 g/mol. The summed E-state index contributed by atoms with van der Waals surface area (Å²) in [6, 6.07) is 10.4. The number of nitrogens with two attached hydrogens (primary N) is 2. The fraction of sp³-hybridized carbons (Fsp3) is 0.333. The number of nitrogen functional groups attached to an aromatic ring is 2. The number of rotatable bonds is 4. The van der Waals surface area contributed by atoms with Crippen molar-refractivity contribution < 1.29 is 0 Å². The highest BCUT2D eigenvalue weighted by atomic mass is 15.1. The van der Waals surface area contributed by atoms with Gasteiger partial charge in [0.2, 0.25) is 0 Å². The van der Waals surface area contributed by atoms with E-state index in [4.69, 9.17) is 11.5 Å². The van der Waals surface area contributed by atoms with E-state index in [9.17, 15) is 0 Å². The first-order valence-electron chi connectivity index (χ1n) is 7.41. The second-order valence-electron chi connectivity index (χ2n) is 6.19. The van der Waals surface area contributed by atoms with Crippen molar-refractivity contribution >= 4 is 22.7 Å². The zero-order valence-corrected chi connectivity index (χ0v) is 14.1. The Labute approximate surface area is 133 Å². The van der Waals surface area contributed by atoms with Crippen molar-refractivity contribution in [1.82, 2.24) is 0 Å². The van der Waals surface area contributed by atoms with E-state index < -0.39 is 0 Å². The molecule has 0 radical (unpaired) electrons. The number of benzene rings is 2. The van der Waals surface area contributed by atoms with Gasteiger partial charge in [-0.2, -0.15) is 0 Å². The van der Waals surface area contributed by atoms with Crippen LogP contribution in [0.4, 0.5) is 22.7 Å². The molecule has 0 amide bonds. The van der Waals surface area contributed by atoms with Gasteiger partial charge < -0.3 is 21.3 Å². The molecule has 0 aliphatic heterocycles. The maximum atomic E-state index is 6.24. The van der Waals surface area contributed by atoms with Crippen LogP contribution in [0.25, 0.3) is 0 Å². The third kappa shape index (κ3) is 3.27. The Kier molecular flexibility index (Phi) is 4.50. The second-order valence-corrected chi connectivity index (χ2v) is 6.19. The lowest BCUT2D eigenvalue weighted by Gasteiger charge is -2.20. The molecule has 0 heterocycles. The van der Waals surface area contributed by atoms with Crippen molar-refractivity contribution in [2.75, 3.05) is 49.5 Å². The predicted molar refractivity (Wildman–Crippen MR) is 97.9 cm³/mol. The van der Waals surface area contributed by atoms with E-state index in [0.717, 1.165) is 40.3 Å². The molecule has 118 valence electrons. The van der Waals surface area contributed by atoms with Crippen LogP contribution in [0.1, 0.15) is 16.7 Å². The van der Waals surface area contributed by atoms with Crippen LogP contribution in [0.5, 0.6) is 0 Å². The minimum Gasteiger partial charge on any atom is -0.398 e. The highest BCUT2D eigenvalue weighted by molar-refractivity contribution is 5.67. The molecule has 0 atom stereocenters. The molecular weight excluding hydrogens is 272 g/mol. The molecule has 0 saturated carbocycles. The summed E-state index contributed by atoms with van der Waals surface area (Å²) >= 11 is 0. The summed E-state index contributed by atoms with van der Waals surface area (Å²) in [4.78, 5) is 4.15. The van der Waals surface area contributed by atoms with Crippen molar-refractivity contribution in [2.45, 2.75) is 13.3 Å². The van der Waals surface area contributed by atoms with Crippen molar-refractivity contribution in [2.24, 2.45) is 0 Å². The molecule has 2 aromatic carbocycles. The van der Waals surface area contributed by atoms with E-state index in [-0.39, 0.29) is 0 Å². The first-order chi connectivity index (χ1) is 10.3. The molecule has 4 nitrogen and oxygen atoms in total. The summed E-state index contributed by atoms with van der Waals surface area (Å²) in [5.74, 6) is 0. The molecule has 2 rings (SSSR count). The lowest BCUT2D eigenvalue weighted by atomic mass is 9.98. The van der Waals surface area contributed by atoms with Crippen LogP contribution in [-0.2, 0) is 6.42 Å². The van der Waals surface area contributed by atoms with E-state index in [1.54, 1.807) is 0 Å². The summed E-state index contributed by atoms with van der Waals surface area (Å²) < 4.78 is 0. The van der Waals surface area contributed by atoms with E-state index in [2.05, 4.69) is 28.0 Å². The smallest absolute Gasteiger partial charge is 0.0417 e. The Hall–Kier alpha value is -2.36. The zero-order valence-electron chi connectivity index (χ0n) is 14.1. The molecule has 0 bridgehead atoms. The zero-order chi connectivity index (χ0) is 16.4. The number of hydrogen-bond acceptors (Lipinski definition) is 4. The van der Waals surface area contributed by atoms with Gasteiger partial charge in [-0.25, -0.2) is 0 Å². The molecule has 0 aliphatic carbocycles. The SMILES string of the molecule is Cc1cc(Cc2ccc(N(C)C)cc2N)c(N(C)C)cc1N. The van der Waals surface area contributed by atoms with Crippen LogP contribution in [0.2, 0.25) is 0 Å². The van der Waals surface area contributed by atoms with E-state index >= 15 is 0 Å². The van der Waals surface area contributed by atoms with E-state index in [0.29, 0.717) is 0 Å². The highest BCUT2D eigenvalue weighted by Gasteiger charge is 2.11. The maximum Gasteiger partial charge on any atom is 0.0417 e. The van der Waals surface area contributed by atoms with Crippen LogP contribution < -0.4 is 21.3 Å². The lowest BCUT2D eigenvalue weighted by Crippen LogP contribution is -2.13. The largest absolute Gasteiger partial charge is 0.398 e. The molecule has 0 aliphatic rings. The average Bonchev–Trinajstić information content (AvgIpc) is 2.44. The molecular formula is C18H26N4. The van der Waals surface area contributed by atoms with Gasteiger partial charge in [-0.05, 0) is 41.8 Å². The molecule has 0 unspecified atom stereocenters. The number of aryl methyl sites for hydroxylation is 1. The third-order valence-electron chi connectivity index (χ3n) is 3.98. The Morgan fingerprint density at radius 3 is 2.05 bits per heavy atom. The first kappa shape index (κ1) is 16.0. The van der Waals surface area contributed by atoms with Gasteiger partial charge >= 0.3 is 0 Å². The van der Waals surface area contributed by atoms with Crippen LogP contribution in [0.3, 0.4) is 0 Å². The summed E-state index contributed by atoms with van der Waals surface area (Å²) in [7, 11) is 8.10. The summed E-state index contributed by atoms with van der Waals surface area (Å²) in [6.07, 6.45) is 0.800. The molecule has 4 heteroatoms. The molecule has 0 aromatic heterocycles. The van der Waals surface area contributed by atoms with Crippen molar-refractivity contribution in [3.8, 4) is 0 Å².